The van der Waals surface area contributed by atoms with Gasteiger partial charge in [0.1, 0.15) is 5.75 Å². The first-order chi connectivity index (χ1) is 8.74. The van der Waals surface area contributed by atoms with E-state index in [1.165, 1.54) is 11.1 Å². The predicted octanol–water partition coefficient (Wildman–Crippen LogP) is 2.70. The minimum absolute atomic E-state index is 0.365. The van der Waals surface area contributed by atoms with E-state index < -0.39 is 0 Å². The Morgan fingerprint density at radius 1 is 1.44 bits per heavy atom. The van der Waals surface area contributed by atoms with Crippen LogP contribution in [0, 0.1) is 0 Å². The zero-order valence-electron chi connectivity index (χ0n) is 11.5. The average molecular weight is 249 g/mol. The third kappa shape index (κ3) is 3.03. The molecule has 1 aromatic carbocycles. The second kappa shape index (κ2) is 6.21. The van der Waals surface area contributed by atoms with Gasteiger partial charge in [-0.15, -0.1) is 0 Å². The number of hydrogen-bond acceptors (Lipinski definition) is 3. The Labute approximate surface area is 109 Å². The van der Waals surface area contributed by atoms with E-state index in [-0.39, 0.29) is 0 Å². The second-order valence-electron chi connectivity index (χ2n) is 4.95. The van der Waals surface area contributed by atoms with Crippen molar-refractivity contribution in [3.05, 3.63) is 29.3 Å². The van der Waals surface area contributed by atoms with E-state index in [1.807, 2.05) is 0 Å². The van der Waals surface area contributed by atoms with Crippen LogP contribution in [0.3, 0.4) is 0 Å². The van der Waals surface area contributed by atoms with Crippen molar-refractivity contribution in [2.75, 3.05) is 20.3 Å². The van der Waals surface area contributed by atoms with Gasteiger partial charge in [0.25, 0.3) is 0 Å². The van der Waals surface area contributed by atoms with Gasteiger partial charge in [0.05, 0.1) is 13.2 Å². The van der Waals surface area contributed by atoms with Crippen molar-refractivity contribution < 1.29 is 9.47 Å². The molecule has 0 spiro atoms. The van der Waals surface area contributed by atoms with Gasteiger partial charge in [-0.25, -0.2) is 0 Å². The summed E-state index contributed by atoms with van der Waals surface area (Å²) in [5.74, 6) is 1.05. The highest BCUT2D eigenvalue weighted by Gasteiger charge is 2.17. The summed E-state index contributed by atoms with van der Waals surface area (Å²) in [5, 5.41) is 3.61. The molecule has 0 fully saturated rings. The minimum Gasteiger partial charge on any atom is -0.493 e. The molecule has 3 nitrogen and oxygen atoms in total. The van der Waals surface area contributed by atoms with Crippen molar-refractivity contribution >= 4 is 0 Å². The maximum Gasteiger partial charge on any atom is 0.122 e. The van der Waals surface area contributed by atoms with Crippen LogP contribution in [0.15, 0.2) is 18.2 Å². The monoisotopic (exact) mass is 249 g/mol. The summed E-state index contributed by atoms with van der Waals surface area (Å²) in [6.45, 7) is 5.93. The van der Waals surface area contributed by atoms with Crippen molar-refractivity contribution in [2.24, 2.45) is 0 Å². The van der Waals surface area contributed by atoms with Gasteiger partial charge in [-0.2, -0.15) is 0 Å². The highest BCUT2D eigenvalue weighted by atomic mass is 16.5. The zero-order valence-corrected chi connectivity index (χ0v) is 11.5. The Morgan fingerprint density at radius 3 is 3.00 bits per heavy atom. The molecule has 0 aromatic heterocycles. The van der Waals surface area contributed by atoms with Gasteiger partial charge in [0.2, 0.25) is 0 Å². The van der Waals surface area contributed by atoms with E-state index in [9.17, 15) is 0 Å². The molecule has 0 aliphatic carbocycles. The molecule has 2 atom stereocenters. The Hall–Kier alpha value is -1.06. The van der Waals surface area contributed by atoms with Gasteiger partial charge in [0.15, 0.2) is 0 Å². The Kier molecular flexibility index (Phi) is 4.61. The summed E-state index contributed by atoms with van der Waals surface area (Å²) in [7, 11) is 1.74. The molecule has 0 bridgehead atoms. The van der Waals surface area contributed by atoms with Gasteiger partial charge >= 0.3 is 0 Å². The molecule has 1 N–H and O–H groups in total. The number of hydrogen-bond donors (Lipinski definition) is 1. The molecule has 1 aliphatic heterocycles. The van der Waals surface area contributed by atoms with Crippen molar-refractivity contribution in [1.29, 1.82) is 0 Å². The largest absolute Gasteiger partial charge is 0.493 e. The van der Waals surface area contributed by atoms with E-state index in [0.29, 0.717) is 12.1 Å². The van der Waals surface area contributed by atoms with Crippen molar-refractivity contribution in [2.45, 2.75) is 38.8 Å². The third-order valence-corrected chi connectivity index (χ3v) is 3.43. The van der Waals surface area contributed by atoms with Crippen LogP contribution < -0.4 is 10.1 Å². The lowest BCUT2D eigenvalue weighted by Crippen LogP contribution is -2.33. The standard InChI is InChI=1S/C15H23NO2/c1-4-14(16-11(2)10-17-3)12-5-6-15-13(9-12)7-8-18-15/h5-6,9,11,14,16H,4,7-8,10H2,1-3H3. The number of benzene rings is 1. The Balaban J connectivity index is 2.07. The number of nitrogens with one attached hydrogen (secondary N) is 1. The SMILES string of the molecule is CCC(NC(C)COC)c1ccc2c(c1)CCO2. The van der Waals surface area contributed by atoms with Gasteiger partial charge < -0.3 is 14.8 Å². The fourth-order valence-corrected chi connectivity index (χ4v) is 2.51. The summed E-state index contributed by atoms with van der Waals surface area (Å²) in [5.41, 5.74) is 2.69. The molecular formula is C15H23NO2. The zero-order chi connectivity index (χ0) is 13.0. The van der Waals surface area contributed by atoms with Crippen LogP contribution in [0.2, 0.25) is 0 Å². The molecule has 0 saturated carbocycles. The number of fused-ring (bicyclic) bond motifs is 1. The summed E-state index contributed by atoms with van der Waals surface area (Å²) in [4.78, 5) is 0. The maximum atomic E-state index is 5.55. The smallest absolute Gasteiger partial charge is 0.122 e. The quantitative estimate of drug-likeness (QED) is 0.841. The molecular weight excluding hydrogens is 226 g/mol. The first-order valence-corrected chi connectivity index (χ1v) is 6.75. The van der Waals surface area contributed by atoms with Crippen molar-refractivity contribution in [3.8, 4) is 5.75 Å². The van der Waals surface area contributed by atoms with E-state index in [4.69, 9.17) is 9.47 Å². The molecule has 100 valence electrons. The number of rotatable bonds is 6. The van der Waals surface area contributed by atoms with E-state index in [1.54, 1.807) is 7.11 Å². The molecule has 1 aliphatic rings. The molecule has 0 saturated heterocycles. The first kappa shape index (κ1) is 13.4. The third-order valence-electron chi connectivity index (χ3n) is 3.43. The molecule has 2 rings (SSSR count). The molecule has 1 heterocycles. The fourth-order valence-electron chi connectivity index (χ4n) is 2.51. The first-order valence-electron chi connectivity index (χ1n) is 6.75. The van der Waals surface area contributed by atoms with Crippen molar-refractivity contribution in [3.63, 3.8) is 0 Å². The van der Waals surface area contributed by atoms with Gasteiger partial charge in [-0.05, 0) is 30.5 Å². The normalized spacial score (nSPS) is 17.1. The summed E-state index contributed by atoms with van der Waals surface area (Å²) >= 11 is 0. The lowest BCUT2D eigenvalue weighted by Gasteiger charge is -2.22. The van der Waals surface area contributed by atoms with Crippen LogP contribution in [0.5, 0.6) is 5.75 Å². The lowest BCUT2D eigenvalue weighted by molar-refractivity contribution is 0.166. The maximum absolute atomic E-state index is 5.55. The summed E-state index contributed by atoms with van der Waals surface area (Å²) in [6, 6.07) is 7.31. The minimum atomic E-state index is 0.365. The molecule has 0 amide bonds. The fraction of sp³-hybridized carbons (Fsp3) is 0.600. The highest BCUT2D eigenvalue weighted by molar-refractivity contribution is 5.40. The van der Waals surface area contributed by atoms with Gasteiger partial charge in [-0.1, -0.05) is 19.1 Å². The van der Waals surface area contributed by atoms with E-state index in [2.05, 4.69) is 37.4 Å². The predicted molar refractivity (Wildman–Crippen MR) is 73.1 cm³/mol. The molecule has 18 heavy (non-hydrogen) atoms. The van der Waals surface area contributed by atoms with Crippen molar-refractivity contribution in [1.82, 2.24) is 5.32 Å². The van der Waals surface area contributed by atoms with Gasteiger partial charge in [0, 0.05) is 25.6 Å². The summed E-state index contributed by atoms with van der Waals surface area (Å²) < 4.78 is 10.7. The van der Waals surface area contributed by atoms with Crippen LogP contribution in [0.25, 0.3) is 0 Å². The Morgan fingerprint density at radius 2 is 2.28 bits per heavy atom. The number of methoxy groups -OCH3 is 1. The summed E-state index contributed by atoms with van der Waals surface area (Å²) in [6.07, 6.45) is 2.11. The van der Waals surface area contributed by atoms with Crippen LogP contribution in [-0.2, 0) is 11.2 Å². The Bertz CT molecular complexity index is 392. The van der Waals surface area contributed by atoms with Crippen LogP contribution in [0.1, 0.15) is 37.4 Å². The highest BCUT2D eigenvalue weighted by Crippen LogP contribution is 2.29. The molecule has 2 unspecified atom stereocenters. The second-order valence-corrected chi connectivity index (χ2v) is 4.95. The van der Waals surface area contributed by atoms with Crippen LogP contribution in [0.4, 0.5) is 0 Å². The number of ether oxygens (including phenoxy) is 2. The van der Waals surface area contributed by atoms with Crippen LogP contribution >= 0.6 is 0 Å². The molecule has 0 radical (unpaired) electrons. The van der Waals surface area contributed by atoms with E-state index >= 15 is 0 Å². The molecule has 3 heteroatoms. The van der Waals surface area contributed by atoms with Gasteiger partial charge in [-0.3, -0.25) is 0 Å². The van der Waals surface area contributed by atoms with E-state index in [0.717, 1.165) is 31.8 Å². The topological polar surface area (TPSA) is 30.5 Å². The van der Waals surface area contributed by atoms with Crippen LogP contribution in [-0.4, -0.2) is 26.4 Å². The molecule has 1 aromatic rings. The average Bonchev–Trinajstić information content (AvgIpc) is 2.83. The lowest BCUT2D eigenvalue weighted by atomic mass is 10.00.